The summed E-state index contributed by atoms with van der Waals surface area (Å²) in [6, 6.07) is 0. The Balaban J connectivity index is 3.21. The van der Waals surface area contributed by atoms with Gasteiger partial charge in [-0.15, -0.1) is 0 Å². The first-order valence-corrected chi connectivity index (χ1v) is 4.50. The molecule has 3 heteroatoms. The van der Waals surface area contributed by atoms with Gasteiger partial charge in [-0.25, -0.2) is 0 Å². The lowest BCUT2D eigenvalue weighted by Gasteiger charge is -2.04. The van der Waals surface area contributed by atoms with Gasteiger partial charge < -0.3 is 5.73 Å². The van der Waals surface area contributed by atoms with Crippen molar-refractivity contribution in [1.29, 1.82) is 0 Å². The molecule has 0 aliphatic rings. The van der Waals surface area contributed by atoms with Crippen molar-refractivity contribution in [3.8, 4) is 0 Å². The van der Waals surface area contributed by atoms with Gasteiger partial charge in [0.25, 0.3) is 0 Å². The molecule has 0 bridgehead atoms. The molecular formula is C7H14BrNO. The molecule has 2 N–H and O–H groups in total. The number of hydrogen-bond acceptors (Lipinski definition) is 1. The van der Waals surface area contributed by atoms with Crippen molar-refractivity contribution in [2.45, 2.75) is 37.4 Å². The highest BCUT2D eigenvalue weighted by Gasteiger charge is 2.03. The fraction of sp³-hybridized carbons (Fsp3) is 0.857. The van der Waals surface area contributed by atoms with E-state index >= 15 is 0 Å². The minimum atomic E-state index is -0.208. The van der Waals surface area contributed by atoms with Crippen LogP contribution in [0, 0.1) is 0 Å². The highest BCUT2D eigenvalue weighted by molar-refractivity contribution is 9.09. The molecule has 0 fully saturated rings. The summed E-state index contributed by atoms with van der Waals surface area (Å²) in [5.74, 6) is -0.208. The van der Waals surface area contributed by atoms with E-state index in [0.29, 0.717) is 11.2 Å². The second kappa shape index (κ2) is 5.71. The number of primary amides is 1. The predicted octanol–water partition coefficient (Wildman–Crippen LogP) is 1.82. The topological polar surface area (TPSA) is 43.1 Å². The average molecular weight is 208 g/mol. The molecule has 1 unspecified atom stereocenters. The molecule has 0 aliphatic heterocycles. The Morgan fingerprint density at radius 1 is 1.60 bits per heavy atom. The lowest BCUT2D eigenvalue weighted by molar-refractivity contribution is -0.118. The summed E-state index contributed by atoms with van der Waals surface area (Å²) >= 11 is 3.46. The van der Waals surface area contributed by atoms with Crippen LogP contribution >= 0.6 is 15.9 Å². The molecule has 1 atom stereocenters. The third kappa shape index (κ3) is 6.08. The molecule has 0 aromatic rings. The Morgan fingerprint density at radius 3 is 2.60 bits per heavy atom. The van der Waals surface area contributed by atoms with Crippen LogP contribution in [0.3, 0.4) is 0 Å². The summed E-state index contributed by atoms with van der Waals surface area (Å²) < 4.78 is 0. The molecule has 0 radical (unpaired) electrons. The molecule has 0 aliphatic carbocycles. The maximum Gasteiger partial charge on any atom is 0.217 e. The number of carbonyl (C=O) groups excluding carboxylic acids is 1. The molecule has 0 heterocycles. The monoisotopic (exact) mass is 207 g/mol. The van der Waals surface area contributed by atoms with E-state index in [1.54, 1.807) is 0 Å². The van der Waals surface area contributed by atoms with Crippen LogP contribution < -0.4 is 5.73 Å². The third-order valence-electron chi connectivity index (χ3n) is 1.31. The first-order valence-electron chi connectivity index (χ1n) is 3.59. The maximum absolute atomic E-state index is 10.3. The Morgan fingerprint density at radius 2 is 2.20 bits per heavy atom. The summed E-state index contributed by atoms with van der Waals surface area (Å²) in [6.45, 7) is 2.12. The van der Waals surface area contributed by atoms with E-state index in [1.807, 2.05) is 0 Å². The number of nitrogens with two attached hydrogens (primary N) is 1. The van der Waals surface area contributed by atoms with E-state index < -0.39 is 0 Å². The van der Waals surface area contributed by atoms with Gasteiger partial charge in [-0.3, -0.25) is 4.79 Å². The molecule has 0 saturated heterocycles. The normalized spacial score (nSPS) is 13.0. The van der Waals surface area contributed by atoms with Gasteiger partial charge in [-0.05, 0) is 12.8 Å². The molecule has 60 valence electrons. The van der Waals surface area contributed by atoms with Crippen LogP contribution in [0.4, 0.5) is 0 Å². The van der Waals surface area contributed by atoms with E-state index in [4.69, 9.17) is 5.73 Å². The van der Waals surface area contributed by atoms with Crippen molar-refractivity contribution in [3.63, 3.8) is 0 Å². The Labute approximate surface area is 70.3 Å². The number of amides is 1. The molecule has 1 amide bonds. The van der Waals surface area contributed by atoms with Crippen LogP contribution in [0.2, 0.25) is 0 Å². The predicted molar refractivity (Wildman–Crippen MR) is 46.1 cm³/mol. The van der Waals surface area contributed by atoms with E-state index in [2.05, 4.69) is 22.9 Å². The number of halogens is 1. The van der Waals surface area contributed by atoms with Crippen LogP contribution in [0.1, 0.15) is 32.6 Å². The maximum atomic E-state index is 10.3. The van der Waals surface area contributed by atoms with Crippen molar-refractivity contribution < 1.29 is 4.79 Å². The van der Waals surface area contributed by atoms with Crippen molar-refractivity contribution in [3.05, 3.63) is 0 Å². The third-order valence-corrected chi connectivity index (χ3v) is 2.22. The first-order chi connectivity index (χ1) is 4.66. The van der Waals surface area contributed by atoms with E-state index in [1.165, 1.54) is 0 Å². The van der Waals surface area contributed by atoms with Gasteiger partial charge in [0.05, 0.1) is 0 Å². The first kappa shape index (κ1) is 9.95. The van der Waals surface area contributed by atoms with Gasteiger partial charge in [-0.2, -0.15) is 0 Å². The lowest BCUT2D eigenvalue weighted by atomic mass is 10.1. The van der Waals surface area contributed by atoms with Crippen molar-refractivity contribution in [2.75, 3.05) is 0 Å². The lowest BCUT2D eigenvalue weighted by Crippen LogP contribution is -2.12. The van der Waals surface area contributed by atoms with E-state index in [0.717, 1.165) is 19.3 Å². The summed E-state index contributed by atoms with van der Waals surface area (Å²) in [5.41, 5.74) is 4.98. The van der Waals surface area contributed by atoms with Gasteiger partial charge in [0.1, 0.15) is 0 Å². The molecule has 0 aromatic heterocycles. The summed E-state index contributed by atoms with van der Waals surface area (Å²) in [7, 11) is 0. The zero-order valence-corrected chi connectivity index (χ0v) is 7.86. The quantitative estimate of drug-likeness (QED) is 0.688. The van der Waals surface area contributed by atoms with Crippen LogP contribution in [-0.2, 0) is 4.79 Å². The molecule has 0 aromatic carbocycles. The fourth-order valence-corrected chi connectivity index (χ4v) is 1.44. The van der Waals surface area contributed by atoms with Crippen LogP contribution in [0.25, 0.3) is 0 Å². The fourth-order valence-electron chi connectivity index (χ4n) is 0.756. The molecule has 10 heavy (non-hydrogen) atoms. The second-order valence-corrected chi connectivity index (χ2v) is 3.69. The molecule has 2 nitrogen and oxygen atoms in total. The van der Waals surface area contributed by atoms with Gasteiger partial charge in [0.15, 0.2) is 0 Å². The molecule has 0 rings (SSSR count). The number of hydrogen-bond donors (Lipinski definition) is 1. The highest BCUT2D eigenvalue weighted by Crippen LogP contribution is 2.13. The second-order valence-electron chi connectivity index (χ2n) is 2.39. The Hall–Kier alpha value is -0.0500. The smallest absolute Gasteiger partial charge is 0.217 e. The van der Waals surface area contributed by atoms with Crippen molar-refractivity contribution >= 4 is 21.8 Å². The molecule has 0 saturated carbocycles. The van der Waals surface area contributed by atoms with Gasteiger partial charge >= 0.3 is 0 Å². The van der Waals surface area contributed by atoms with Gasteiger partial charge in [0, 0.05) is 11.2 Å². The zero-order valence-electron chi connectivity index (χ0n) is 6.27. The minimum absolute atomic E-state index is 0.208. The average Bonchev–Trinajstić information content (AvgIpc) is 1.85. The van der Waals surface area contributed by atoms with Crippen LogP contribution in [0.5, 0.6) is 0 Å². The molecule has 0 spiro atoms. The van der Waals surface area contributed by atoms with E-state index in [-0.39, 0.29) is 5.91 Å². The van der Waals surface area contributed by atoms with Crippen LogP contribution in [-0.4, -0.2) is 10.7 Å². The van der Waals surface area contributed by atoms with E-state index in [9.17, 15) is 4.79 Å². The zero-order chi connectivity index (χ0) is 7.98. The van der Waals surface area contributed by atoms with Crippen molar-refractivity contribution in [1.82, 2.24) is 0 Å². The van der Waals surface area contributed by atoms with Gasteiger partial charge in [0.2, 0.25) is 5.91 Å². The number of rotatable bonds is 5. The summed E-state index contributed by atoms with van der Waals surface area (Å²) in [5, 5.41) is 0. The SMILES string of the molecule is CCCC(Br)CCC(N)=O. The number of carbonyl (C=O) groups is 1. The van der Waals surface area contributed by atoms with Gasteiger partial charge in [-0.1, -0.05) is 29.3 Å². The Kier molecular flexibility index (Phi) is 5.69. The molecular weight excluding hydrogens is 194 g/mol. The standard InChI is InChI=1S/C7H14BrNO/c1-2-3-6(8)4-5-7(9)10/h6H,2-5H2,1H3,(H2,9,10). The largest absolute Gasteiger partial charge is 0.370 e. The summed E-state index contributed by atoms with van der Waals surface area (Å²) in [4.78, 5) is 10.8. The minimum Gasteiger partial charge on any atom is -0.370 e. The number of alkyl halides is 1. The van der Waals surface area contributed by atoms with Crippen LogP contribution in [0.15, 0.2) is 0 Å². The van der Waals surface area contributed by atoms with Crippen molar-refractivity contribution in [2.24, 2.45) is 5.73 Å². The summed E-state index contributed by atoms with van der Waals surface area (Å²) in [6.07, 6.45) is 3.63. The Bertz CT molecular complexity index is 106. The highest BCUT2D eigenvalue weighted by atomic mass is 79.9.